The third kappa shape index (κ3) is 3.66. The maximum Gasteiger partial charge on any atom is 0.432 e. The smallest absolute Gasteiger partial charge is 0.387 e. The molecule has 0 spiro atoms. The number of benzene rings is 2. The fourth-order valence-electron chi connectivity index (χ4n) is 2.90. The third-order valence-electron chi connectivity index (χ3n) is 4.34. The van der Waals surface area contributed by atoms with Gasteiger partial charge in [-0.1, -0.05) is 30.3 Å². The molecule has 0 saturated heterocycles. The molecule has 1 N–H and O–H groups in total. The van der Waals surface area contributed by atoms with Gasteiger partial charge in [0.05, 0.1) is 11.8 Å². The van der Waals surface area contributed by atoms with Crippen LogP contribution in [0.1, 0.15) is 11.7 Å². The molecule has 0 aliphatic carbocycles. The van der Waals surface area contributed by atoms with Gasteiger partial charge in [0.25, 0.3) is 5.91 Å². The average molecular weight is 377 g/mol. The summed E-state index contributed by atoms with van der Waals surface area (Å²) in [5.41, 5.74) is -0.0624. The number of aliphatic hydroxyl groups is 1. The van der Waals surface area contributed by atoms with Crippen molar-refractivity contribution in [2.24, 2.45) is 11.0 Å². The summed E-state index contributed by atoms with van der Waals surface area (Å²) in [5, 5.41) is 14.8. The molecule has 1 amide bonds. The number of hydrogen-bond donors (Lipinski definition) is 1. The Morgan fingerprint density at radius 2 is 1.67 bits per heavy atom. The van der Waals surface area contributed by atoms with E-state index < -0.39 is 29.8 Å². The Morgan fingerprint density at radius 1 is 1.07 bits per heavy atom. The Hall–Kier alpha value is -2.87. The molecule has 0 aromatic heterocycles. The molecule has 5 nitrogen and oxygen atoms in total. The number of rotatable bonds is 4. The van der Waals surface area contributed by atoms with Crippen molar-refractivity contribution in [1.29, 1.82) is 0 Å². The van der Waals surface area contributed by atoms with E-state index in [0.29, 0.717) is 5.01 Å². The van der Waals surface area contributed by atoms with Gasteiger partial charge in [-0.25, -0.2) is 0 Å². The Balaban J connectivity index is 1.97. The van der Waals surface area contributed by atoms with Crippen molar-refractivity contribution in [3.8, 4) is 0 Å². The molecule has 8 heteroatoms. The third-order valence-corrected chi connectivity index (χ3v) is 4.34. The number of halogens is 3. The first-order valence-electron chi connectivity index (χ1n) is 8.20. The maximum absolute atomic E-state index is 13.5. The highest BCUT2D eigenvalue weighted by molar-refractivity contribution is 6.17. The van der Waals surface area contributed by atoms with Gasteiger partial charge in [-0.15, -0.1) is 0 Å². The van der Waals surface area contributed by atoms with Crippen LogP contribution in [-0.4, -0.2) is 37.0 Å². The molecular formula is C19H18F3N3O2. The number of carbonyl (C=O) groups is 1. The number of anilines is 2. The van der Waals surface area contributed by atoms with Gasteiger partial charge in [0, 0.05) is 19.8 Å². The van der Waals surface area contributed by atoms with Crippen molar-refractivity contribution in [3.63, 3.8) is 0 Å². The maximum atomic E-state index is 13.5. The van der Waals surface area contributed by atoms with Crippen LogP contribution in [0.4, 0.5) is 24.5 Å². The molecule has 2 aromatic carbocycles. The van der Waals surface area contributed by atoms with Gasteiger partial charge in [-0.3, -0.25) is 4.79 Å². The molecular weight excluding hydrogens is 359 g/mol. The molecule has 2 aromatic rings. The first kappa shape index (κ1) is 18.9. The Morgan fingerprint density at radius 3 is 2.19 bits per heavy atom. The molecule has 1 aliphatic rings. The van der Waals surface area contributed by atoms with E-state index in [-0.39, 0.29) is 11.3 Å². The zero-order valence-corrected chi connectivity index (χ0v) is 14.7. The molecule has 3 rings (SSSR count). The van der Waals surface area contributed by atoms with Crippen LogP contribution in [0.2, 0.25) is 0 Å². The minimum Gasteiger partial charge on any atom is -0.387 e. The van der Waals surface area contributed by atoms with Gasteiger partial charge >= 0.3 is 6.18 Å². The monoisotopic (exact) mass is 377 g/mol. The Kier molecular flexibility index (Phi) is 4.93. The quantitative estimate of drug-likeness (QED) is 0.889. The second-order valence-electron chi connectivity index (χ2n) is 6.38. The number of hydrazone groups is 1. The van der Waals surface area contributed by atoms with Crippen LogP contribution in [0.15, 0.2) is 59.7 Å². The number of amides is 1. The number of aliphatic hydroxyl groups excluding tert-OH is 1. The number of para-hydroxylation sites is 1. The lowest BCUT2D eigenvalue weighted by Gasteiger charge is -2.21. The lowest BCUT2D eigenvalue weighted by atomic mass is 9.90. The van der Waals surface area contributed by atoms with Crippen LogP contribution in [0.3, 0.4) is 0 Å². The van der Waals surface area contributed by atoms with E-state index in [2.05, 4.69) is 5.10 Å². The Bertz CT molecular complexity index is 849. The standard InChI is InChI=1S/C19H18F3N3O2/c1-24(2)13-10-8-12(9-11-13)16(26)15-17(19(20,21)22)23-25(18(15)27)14-6-4-3-5-7-14/h3-11,15-16,26H,1-2H3/t15-,16+/m0/s1. The number of carbonyl (C=O) groups excluding carboxylic acids is 1. The SMILES string of the molecule is CN(C)c1ccc([C@@H](O)[C@@H]2C(=O)N(c3ccccc3)N=C2C(F)(F)F)cc1. The van der Waals surface area contributed by atoms with Crippen LogP contribution in [0.5, 0.6) is 0 Å². The van der Waals surface area contributed by atoms with Gasteiger partial charge in [0.1, 0.15) is 5.92 Å². The summed E-state index contributed by atoms with van der Waals surface area (Å²) in [6, 6.07) is 14.2. The van der Waals surface area contributed by atoms with Crippen molar-refractivity contribution in [1.82, 2.24) is 0 Å². The second kappa shape index (κ2) is 7.03. The average Bonchev–Trinajstić information content (AvgIpc) is 2.99. The molecule has 142 valence electrons. The number of alkyl halides is 3. The molecule has 1 aliphatic heterocycles. The number of hydrogen-bond acceptors (Lipinski definition) is 4. The van der Waals surface area contributed by atoms with E-state index in [1.165, 1.54) is 24.3 Å². The fourth-order valence-corrected chi connectivity index (χ4v) is 2.90. The fraction of sp³-hybridized carbons (Fsp3) is 0.263. The lowest BCUT2D eigenvalue weighted by Crippen LogP contribution is -2.37. The second-order valence-corrected chi connectivity index (χ2v) is 6.38. The zero-order valence-electron chi connectivity index (χ0n) is 14.7. The van der Waals surface area contributed by atoms with Gasteiger partial charge in [0.15, 0.2) is 5.71 Å². The lowest BCUT2D eigenvalue weighted by molar-refractivity contribution is -0.123. The van der Waals surface area contributed by atoms with Crippen molar-refractivity contribution in [2.45, 2.75) is 12.3 Å². The number of nitrogens with zero attached hydrogens (tertiary/aromatic N) is 3. The van der Waals surface area contributed by atoms with E-state index >= 15 is 0 Å². The zero-order chi connectivity index (χ0) is 19.8. The van der Waals surface area contributed by atoms with Gasteiger partial charge in [0.2, 0.25) is 0 Å². The van der Waals surface area contributed by atoms with Gasteiger partial charge in [-0.05, 0) is 29.8 Å². The summed E-state index contributed by atoms with van der Waals surface area (Å²) in [4.78, 5) is 14.5. The van der Waals surface area contributed by atoms with E-state index in [9.17, 15) is 23.1 Å². The van der Waals surface area contributed by atoms with Crippen LogP contribution in [0.25, 0.3) is 0 Å². The predicted molar refractivity (Wildman–Crippen MR) is 96.6 cm³/mol. The molecule has 2 atom stereocenters. The van der Waals surface area contributed by atoms with Crippen molar-refractivity contribution < 1.29 is 23.1 Å². The molecule has 0 unspecified atom stereocenters. The summed E-state index contributed by atoms with van der Waals surface area (Å²) in [5.74, 6) is -2.74. The van der Waals surface area contributed by atoms with Crippen LogP contribution in [-0.2, 0) is 4.79 Å². The molecule has 0 bridgehead atoms. The van der Waals surface area contributed by atoms with E-state index in [4.69, 9.17) is 0 Å². The highest BCUT2D eigenvalue weighted by atomic mass is 19.4. The highest BCUT2D eigenvalue weighted by Gasteiger charge is 2.53. The molecule has 0 saturated carbocycles. The normalized spacial score (nSPS) is 18.4. The summed E-state index contributed by atoms with van der Waals surface area (Å²) < 4.78 is 40.5. The minimum atomic E-state index is -4.84. The first-order chi connectivity index (χ1) is 12.7. The molecule has 0 radical (unpaired) electrons. The van der Waals surface area contributed by atoms with E-state index in [0.717, 1.165) is 5.69 Å². The van der Waals surface area contributed by atoms with Crippen molar-refractivity contribution in [3.05, 3.63) is 60.2 Å². The minimum absolute atomic E-state index is 0.210. The van der Waals surface area contributed by atoms with E-state index in [1.807, 2.05) is 19.0 Å². The summed E-state index contributed by atoms with van der Waals surface area (Å²) in [6.45, 7) is 0. The largest absolute Gasteiger partial charge is 0.432 e. The van der Waals surface area contributed by atoms with Crippen LogP contribution in [0, 0.1) is 5.92 Å². The van der Waals surface area contributed by atoms with E-state index in [1.54, 1.807) is 30.3 Å². The summed E-state index contributed by atoms with van der Waals surface area (Å²) in [7, 11) is 3.64. The summed E-state index contributed by atoms with van der Waals surface area (Å²) in [6.07, 6.45) is -6.50. The van der Waals surface area contributed by atoms with Crippen LogP contribution >= 0.6 is 0 Å². The predicted octanol–water partition coefficient (Wildman–Crippen LogP) is 3.37. The highest BCUT2D eigenvalue weighted by Crippen LogP contribution is 2.38. The van der Waals surface area contributed by atoms with Gasteiger partial charge in [-0.2, -0.15) is 23.3 Å². The van der Waals surface area contributed by atoms with Gasteiger partial charge < -0.3 is 10.0 Å². The topological polar surface area (TPSA) is 56.1 Å². The van der Waals surface area contributed by atoms with Crippen molar-refractivity contribution >= 4 is 23.0 Å². The molecule has 1 heterocycles. The van der Waals surface area contributed by atoms with Crippen molar-refractivity contribution in [2.75, 3.05) is 24.0 Å². The summed E-state index contributed by atoms with van der Waals surface area (Å²) >= 11 is 0. The molecule has 27 heavy (non-hydrogen) atoms. The first-order valence-corrected chi connectivity index (χ1v) is 8.20. The molecule has 0 fully saturated rings. The Labute approximate surface area is 154 Å². The van der Waals surface area contributed by atoms with Crippen LogP contribution < -0.4 is 9.91 Å².